The van der Waals surface area contributed by atoms with Crippen LogP contribution in [0.5, 0.6) is 11.5 Å². The molecule has 1 unspecified atom stereocenters. The molecule has 0 aromatic heterocycles. The van der Waals surface area contributed by atoms with Crippen molar-refractivity contribution in [2.75, 3.05) is 0 Å². The van der Waals surface area contributed by atoms with Gasteiger partial charge in [0.25, 0.3) is 0 Å². The van der Waals surface area contributed by atoms with Crippen molar-refractivity contribution in [2.45, 2.75) is 13.3 Å². The van der Waals surface area contributed by atoms with Crippen molar-refractivity contribution in [3.8, 4) is 11.5 Å². The van der Waals surface area contributed by atoms with Crippen LogP contribution in [0.4, 0.5) is 0 Å². The molecule has 1 aliphatic rings. The third kappa shape index (κ3) is 1.08. The van der Waals surface area contributed by atoms with Crippen molar-refractivity contribution in [3.63, 3.8) is 0 Å². The number of carbonyl (C=O) groups is 1. The number of ketones is 1. The lowest BCUT2D eigenvalue weighted by atomic mass is 10.1. The second kappa shape index (κ2) is 2.49. The summed E-state index contributed by atoms with van der Waals surface area (Å²) in [6.07, 6.45) is 0.655. The minimum atomic E-state index is -0.221. The van der Waals surface area contributed by atoms with Crippen LogP contribution < -0.4 is 0 Å². The molecular weight excluding hydrogens is 168 g/mol. The molecule has 1 atom stereocenters. The van der Waals surface area contributed by atoms with Crippen molar-refractivity contribution in [1.82, 2.24) is 0 Å². The van der Waals surface area contributed by atoms with Gasteiger partial charge >= 0.3 is 0 Å². The zero-order valence-electron chi connectivity index (χ0n) is 7.24. The van der Waals surface area contributed by atoms with E-state index in [1.165, 1.54) is 12.1 Å². The summed E-state index contributed by atoms with van der Waals surface area (Å²) in [6.45, 7) is 1.84. The molecule has 3 heteroatoms. The van der Waals surface area contributed by atoms with E-state index in [4.69, 9.17) is 0 Å². The van der Waals surface area contributed by atoms with E-state index < -0.39 is 0 Å². The zero-order valence-corrected chi connectivity index (χ0v) is 7.24. The van der Waals surface area contributed by atoms with E-state index in [-0.39, 0.29) is 23.2 Å². The van der Waals surface area contributed by atoms with Crippen LogP contribution in [0.2, 0.25) is 0 Å². The highest BCUT2D eigenvalue weighted by Crippen LogP contribution is 2.34. The molecule has 0 saturated carbocycles. The predicted molar refractivity (Wildman–Crippen MR) is 47.0 cm³/mol. The molecule has 0 bridgehead atoms. The summed E-state index contributed by atoms with van der Waals surface area (Å²) >= 11 is 0. The molecule has 0 spiro atoms. The maximum absolute atomic E-state index is 11.5. The summed E-state index contributed by atoms with van der Waals surface area (Å²) in [6, 6.07) is 2.81. The third-order valence-electron chi connectivity index (χ3n) is 2.44. The molecule has 0 aliphatic heterocycles. The topological polar surface area (TPSA) is 57.5 Å². The molecule has 1 aromatic rings. The molecule has 2 rings (SSSR count). The Morgan fingerprint density at radius 3 is 2.62 bits per heavy atom. The van der Waals surface area contributed by atoms with Gasteiger partial charge in [0, 0.05) is 11.5 Å². The maximum atomic E-state index is 11.5. The Morgan fingerprint density at radius 1 is 1.31 bits per heavy atom. The average molecular weight is 178 g/mol. The van der Waals surface area contributed by atoms with Crippen molar-refractivity contribution in [3.05, 3.63) is 23.3 Å². The van der Waals surface area contributed by atoms with Gasteiger partial charge in [0.1, 0.15) is 0 Å². The molecule has 3 nitrogen and oxygen atoms in total. The fraction of sp³-hybridized carbons (Fsp3) is 0.300. The van der Waals surface area contributed by atoms with Crippen LogP contribution in [-0.2, 0) is 6.42 Å². The highest BCUT2D eigenvalue weighted by molar-refractivity contribution is 6.02. The lowest BCUT2D eigenvalue weighted by Gasteiger charge is -2.00. The summed E-state index contributed by atoms with van der Waals surface area (Å²) in [5.41, 5.74) is 1.37. The molecule has 0 heterocycles. The molecule has 13 heavy (non-hydrogen) atoms. The van der Waals surface area contributed by atoms with Crippen LogP contribution in [0.3, 0.4) is 0 Å². The van der Waals surface area contributed by atoms with Crippen molar-refractivity contribution >= 4 is 5.78 Å². The van der Waals surface area contributed by atoms with Crippen molar-refractivity contribution in [1.29, 1.82) is 0 Å². The molecule has 1 aliphatic carbocycles. The van der Waals surface area contributed by atoms with Gasteiger partial charge in [-0.05, 0) is 24.1 Å². The second-order valence-electron chi connectivity index (χ2n) is 3.47. The first kappa shape index (κ1) is 8.10. The second-order valence-corrected chi connectivity index (χ2v) is 3.47. The maximum Gasteiger partial charge on any atom is 0.166 e. The average Bonchev–Trinajstić information content (AvgIpc) is 2.32. The van der Waals surface area contributed by atoms with E-state index in [1.807, 2.05) is 6.92 Å². The highest BCUT2D eigenvalue weighted by Gasteiger charge is 2.28. The van der Waals surface area contributed by atoms with Crippen molar-refractivity contribution in [2.24, 2.45) is 5.92 Å². The number of hydrogen-bond acceptors (Lipinski definition) is 3. The molecule has 0 saturated heterocycles. The van der Waals surface area contributed by atoms with E-state index in [1.54, 1.807) is 0 Å². The van der Waals surface area contributed by atoms with Crippen LogP contribution in [0.25, 0.3) is 0 Å². The van der Waals surface area contributed by atoms with Crippen molar-refractivity contribution < 1.29 is 15.0 Å². The number of benzene rings is 1. The number of carbonyl (C=O) groups excluding carboxylic acids is 1. The number of Topliss-reactive ketones (excluding diaryl/α,β-unsaturated/α-hetero) is 1. The molecular formula is C10H10O3. The minimum absolute atomic E-state index is 0.0313. The van der Waals surface area contributed by atoms with Gasteiger partial charge in [-0.2, -0.15) is 0 Å². The molecule has 68 valence electrons. The summed E-state index contributed by atoms with van der Waals surface area (Å²) in [4.78, 5) is 11.5. The van der Waals surface area contributed by atoms with Gasteiger partial charge in [0.05, 0.1) is 0 Å². The Morgan fingerprint density at radius 2 is 1.92 bits per heavy atom. The van der Waals surface area contributed by atoms with Gasteiger partial charge in [-0.15, -0.1) is 0 Å². The summed E-state index contributed by atoms with van der Waals surface area (Å²) < 4.78 is 0. The Balaban J connectivity index is 2.59. The molecule has 0 fully saturated rings. The monoisotopic (exact) mass is 178 g/mol. The summed E-state index contributed by atoms with van der Waals surface area (Å²) in [5, 5.41) is 18.4. The Labute approximate surface area is 75.6 Å². The van der Waals surface area contributed by atoms with Gasteiger partial charge < -0.3 is 10.2 Å². The smallest absolute Gasteiger partial charge is 0.166 e. The van der Waals surface area contributed by atoms with E-state index >= 15 is 0 Å². The van der Waals surface area contributed by atoms with Gasteiger partial charge in [-0.1, -0.05) is 6.92 Å². The number of hydrogen-bond donors (Lipinski definition) is 2. The third-order valence-corrected chi connectivity index (χ3v) is 2.44. The van der Waals surface area contributed by atoms with Gasteiger partial charge in [0.15, 0.2) is 17.3 Å². The van der Waals surface area contributed by atoms with E-state index in [2.05, 4.69) is 0 Å². The zero-order chi connectivity index (χ0) is 9.59. The summed E-state index contributed by atoms with van der Waals surface area (Å²) in [7, 11) is 0. The normalized spacial score (nSPS) is 20.4. The first-order valence-electron chi connectivity index (χ1n) is 4.18. The number of phenolic OH excluding ortho intramolecular Hbond substituents is 2. The number of aromatic hydroxyl groups is 2. The van der Waals surface area contributed by atoms with Gasteiger partial charge in [-0.25, -0.2) is 0 Å². The van der Waals surface area contributed by atoms with E-state index in [0.717, 1.165) is 5.56 Å². The quantitative estimate of drug-likeness (QED) is 0.591. The Kier molecular flexibility index (Phi) is 1.55. The standard InChI is InChI=1S/C10H10O3/c1-5-2-6-3-8(11)9(12)4-7(6)10(5)13/h3-5,11-12H,2H2,1H3. The molecule has 0 radical (unpaired) electrons. The van der Waals surface area contributed by atoms with Crippen LogP contribution in [0.1, 0.15) is 22.8 Å². The lowest BCUT2D eigenvalue weighted by Crippen LogP contribution is -2.02. The molecule has 1 aromatic carbocycles. The first-order valence-corrected chi connectivity index (χ1v) is 4.18. The van der Waals surface area contributed by atoms with Crippen LogP contribution in [-0.4, -0.2) is 16.0 Å². The van der Waals surface area contributed by atoms with Gasteiger partial charge in [-0.3, -0.25) is 4.79 Å². The lowest BCUT2D eigenvalue weighted by molar-refractivity contribution is 0.0946. The largest absolute Gasteiger partial charge is 0.504 e. The fourth-order valence-electron chi connectivity index (χ4n) is 1.71. The van der Waals surface area contributed by atoms with Gasteiger partial charge in [0.2, 0.25) is 0 Å². The van der Waals surface area contributed by atoms with Crippen LogP contribution >= 0.6 is 0 Å². The van der Waals surface area contributed by atoms with Crippen LogP contribution in [0.15, 0.2) is 12.1 Å². The number of fused-ring (bicyclic) bond motifs is 1. The molecule has 0 amide bonds. The Hall–Kier alpha value is -1.51. The summed E-state index contributed by atoms with van der Waals surface area (Å²) in [5.74, 6) is -0.358. The highest BCUT2D eigenvalue weighted by atomic mass is 16.3. The Bertz CT molecular complexity index is 382. The number of rotatable bonds is 0. The first-order chi connectivity index (χ1) is 6.09. The molecule has 2 N–H and O–H groups in total. The van der Waals surface area contributed by atoms with E-state index in [9.17, 15) is 15.0 Å². The SMILES string of the molecule is CC1Cc2cc(O)c(O)cc2C1=O. The minimum Gasteiger partial charge on any atom is -0.504 e. The van der Waals surface area contributed by atoms with E-state index in [0.29, 0.717) is 12.0 Å². The fourth-order valence-corrected chi connectivity index (χ4v) is 1.71. The van der Waals surface area contributed by atoms with Crippen LogP contribution in [0, 0.1) is 5.92 Å². The predicted octanol–water partition coefficient (Wildman–Crippen LogP) is 1.47. The number of phenols is 2.